The zero-order chi connectivity index (χ0) is 15.6. The summed E-state index contributed by atoms with van der Waals surface area (Å²) >= 11 is -2.23. The second-order valence-corrected chi connectivity index (χ2v) is 14.6. The minimum Gasteiger partial charge on any atom is -1.00 e. The molecule has 0 aromatic heterocycles. The van der Waals surface area contributed by atoms with Gasteiger partial charge in [0.05, 0.1) is 0 Å². The first kappa shape index (κ1) is 20.6. The summed E-state index contributed by atoms with van der Waals surface area (Å²) in [5.74, 6) is 2.96. The third-order valence-electron chi connectivity index (χ3n) is 7.34. The van der Waals surface area contributed by atoms with Gasteiger partial charge in [-0.05, 0) is 0 Å². The molecule has 4 unspecified atom stereocenters. The first-order chi connectivity index (χ1) is 10.4. The van der Waals surface area contributed by atoms with Crippen molar-refractivity contribution in [2.45, 2.75) is 62.8 Å². The minimum atomic E-state index is -2.23. The van der Waals surface area contributed by atoms with Crippen LogP contribution in [0.3, 0.4) is 0 Å². The molecule has 0 spiro atoms. The van der Waals surface area contributed by atoms with Gasteiger partial charge < -0.3 is 24.8 Å². The van der Waals surface area contributed by atoms with Crippen LogP contribution in [0.1, 0.15) is 53.4 Å². The van der Waals surface area contributed by atoms with Crippen LogP contribution in [-0.4, -0.2) is 5.91 Å². The topological polar surface area (TPSA) is 29.1 Å². The van der Waals surface area contributed by atoms with Gasteiger partial charge in [0, 0.05) is 0 Å². The maximum atomic E-state index is 12.9. The zero-order valence-electron chi connectivity index (χ0n) is 15.2. The summed E-state index contributed by atoms with van der Waals surface area (Å²) in [5.41, 5.74) is 4.56. The van der Waals surface area contributed by atoms with Crippen molar-refractivity contribution in [2.24, 2.45) is 23.7 Å². The number of halogens is 2. The maximum Gasteiger partial charge on any atom is -1.00 e. The molecule has 2 saturated carbocycles. The molecule has 4 aliphatic rings. The molecule has 2 nitrogen and oxygen atoms in total. The van der Waals surface area contributed by atoms with E-state index < -0.39 is 16.8 Å². The predicted molar refractivity (Wildman–Crippen MR) is 86.9 cm³/mol. The molecule has 1 N–H and O–H groups in total. The Morgan fingerprint density at radius 1 is 1.04 bits per heavy atom. The smallest absolute Gasteiger partial charge is 1.00 e. The summed E-state index contributed by atoms with van der Waals surface area (Å²) in [6.45, 7) is 9.21. The molecule has 1 saturated heterocycles. The average Bonchev–Trinajstić information content (AvgIpc) is 2.88. The summed E-state index contributed by atoms with van der Waals surface area (Å²) in [6, 6.07) is 0. The monoisotopic (exact) mass is 405 g/mol. The molecule has 5 heteroatoms. The van der Waals surface area contributed by atoms with E-state index in [1.165, 1.54) is 46.3 Å². The van der Waals surface area contributed by atoms with E-state index in [0.29, 0.717) is 23.7 Å². The SMILES string of the molecule is CC1=C(C)C(C)[C]([Ti+2]2([NH]C(=O)C3CC4CCC3C4)[CH2][CH2]2)=C1C.[Cl-].[Cl-]. The van der Waals surface area contributed by atoms with Gasteiger partial charge in [-0.3, -0.25) is 0 Å². The molecule has 24 heavy (non-hydrogen) atoms. The van der Waals surface area contributed by atoms with E-state index in [9.17, 15) is 4.79 Å². The fraction of sp³-hybridized carbons (Fsp3) is 0.737. The average molecular weight is 406 g/mol. The maximum absolute atomic E-state index is 12.9. The largest absolute Gasteiger partial charge is 1.00 e. The van der Waals surface area contributed by atoms with Crippen molar-refractivity contribution in [1.82, 2.24) is 3.80 Å². The van der Waals surface area contributed by atoms with E-state index in [0.717, 1.165) is 5.92 Å². The van der Waals surface area contributed by atoms with Crippen molar-refractivity contribution in [2.75, 3.05) is 0 Å². The quantitative estimate of drug-likeness (QED) is 0.582. The third-order valence-corrected chi connectivity index (χ3v) is 13.7. The van der Waals surface area contributed by atoms with Crippen LogP contribution in [0.2, 0.25) is 9.45 Å². The van der Waals surface area contributed by atoms with Crippen LogP contribution in [0.5, 0.6) is 0 Å². The van der Waals surface area contributed by atoms with Gasteiger partial charge in [0.1, 0.15) is 0 Å². The van der Waals surface area contributed by atoms with Gasteiger partial charge in [-0.25, -0.2) is 0 Å². The summed E-state index contributed by atoms with van der Waals surface area (Å²) in [6.07, 6.45) is 5.19. The Kier molecular flexibility index (Phi) is 6.08. The number of hydrogen-bond donors (Lipinski definition) is 1. The third kappa shape index (κ3) is 3.06. The molecule has 134 valence electrons. The number of rotatable bonds is 3. The fourth-order valence-electron chi connectivity index (χ4n) is 5.62. The summed E-state index contributed by atoms with van der Waals surface area (Å²) in [7, 11) is 0. The Morgan fingerprint density at radius 3 is 2.12 bits per heavy atom. The number of fused-ring (bicyclic) bond motifs is 2. The number of nitrogens with one attached hydrogen (secondary N) is 1. The standard InChI is InChI=1S/C9H13.C8H13NO.C2H4.2ClH.Ti/c1-6-5-7(2)9(4)8(6)3;9-8(10)7-4-5-1-2-6(7)3-5;1-2;;;/h6H,1-4H3;5-7H,1-4H2,(H2,9,10);1-2H2;2*1H;/q;;;;;+3/p-3. The number of carbonyl (C=O) groups excluding carboxylic acids is 1. The van der Waals surface area contributed by atoms with Crippen molar-refractivity contribution in [3.63, 3.8) is 0 Å². The zero-order valence-corrected chi connectivity index (χ0v) is 18.3. The van der Waals surface area contributed by atoms with E-state index in [-0.39, 0.29) is 24.8 Å². The van der Waals surface area contributed by atoms with Crippen LogP contribution in [0.4, 0.5) is 0 Å². The number of allylic oxidation sites excluding steroid dienone is 4. The second-order valence-electron chi connectivity index (χ2n) is 8.42. The van der Waals surface area contributed by atoms with E-state index in [4.69, 9.17) is 0 Å². The molecule has 0 radical (unpaired) electrons. The molecule has 0 aromatic carbocycles. The van der Waals surface area contributed by atoms with Crippen LogP contribution in [0.25, 0.3) is 0 Å². The van der Waals surface area contributed by atoms with Crippen molar-refractivity contribution in [3.8, 4) is 0 Å². The molecule has 0 aromatic rings. The molecule has 3 aliphatic carbocycles. The van der Waals surface area contributed by atoms with E-state index in [1.54, 1.807) is 9.45 Å². The molecule has 4 atom stereocenters. The molecule has 1 amide bonds. The van der Waals surface area contributed by atoms with Crippen molar-refractivity contribution in [1.29, 1.82) is 0 Å². The van der Waals surface area contributed by atoms with Crippen LogP contribution in [-0.2, 0) is 21.6 Å². The summed E-state index contributed by atoms with van der Waals surface area (Å²) < 4.78 is 8.05. The van der Waals surface area contributed by atoms with Gasteiger partial charge in [-0.2, -0.15) is 0 Å². The molecular formula is C19H29Cl2NOTi. The van der Waals surface area contributed by atoms with E-state index >= 15 is 0 Å². The van der Waals surface area contributed by atoms with Crippen LogP contribution in [0.15, 0.2) is 20.6 Å². The van der Waals surface area contributed by atoms with Crippen LogP contribution < -0.4 is 28.6 Å². The Labute approximate surface area is 162 Å². The summed E-state index contributed by atoms with van der Waals surface area (Å²) in [4.78, 5) is 12.9. The van der Waals surface area contributed by atoms with Gasteiger partial charge >= 0.3 is 138 Å². The Balaban J connectivity index is 0.00000104. The van der Waals surface area contributed by atoms with Gasteiger partial charge in [0.2, 0.25) is 0 Å². The Morgan fingerprint density at radius 2 is 1.71 bits per heavy atom. The van der Waals surface area contributed by atoms with E-state index in [2.05, 4.69) is 31.5 Å². The number of amides is 1. The Hall–Kier alpha value is 0.244. The number of carbonyl (C=O) groups is 1. The second kappa shape index (κ2) is 7.10. The predicted octanol–water partition coefficient (Wildman–Crippen LogP) is -1.27. The first-order valence-corrected chi connectivity index (χ1v) is 12.9. The first-order valence-electron chi connectivity index (χ1n) is 9.14. The van der Waals surface area contributed by atoms with Gasteiger partial charge in [-0.1, -0.05) is 0 Å². The van der Waals surface area contributed by atoms with Crippen molar-refractivity contribution >= 4 is 5.91 Å². The van der Waals surface area contributed by atoms with E-state index in [1.807, 2.05) is 0 Å². The molecule has 4 rings (SSSR count). The minimum absolute atomic E-state index is 0. The van der Waals surface area contributed by atoms with Gasteiger partial charge in [0.25, 0.3) is 0 Å². The van der Waals surface area contributed by atoms with Gasteiger partial charge in [0.15, 0.2) is 0 Å². The Bertz CT molecular complexity index is 608. The molecule has 1 aliphatic heterocycles. The van der Waals surface area contributed by atoms with Crippen molar-refractivity contribution in [3.05, 3.63) is 20.6 Å². The summed E-state index contributed by atoms with van der Waals surface area (Å²) in [5, 5.41) is 0. The number of hydrogen-bond acceptors (Lipinski definition) is 1. The molecular weight excluding hydrogens is 377 g/mol. The van der Waals surface area contributed by atoms with Crippen molar-refractivity contribution < 1.29 is 46.5 Å². The molecule has 3 fully saturated rings. The van der Waals surface area contributed by atoms with Crippen LogP contribution in [0, 0.1) is 23.7 Å². The van der Waals surface area contributed by atoms with Crippen LogP contribution >= 0.6 is 0 Å². The van der Waals surface area contributed by atoms with Gasteiger partial charge in [-0.15, -0.1) is 0 Å². The molecule has 2 bridgehead atoms. The molecule has 1 heterocycles. The fourth-order valence-corrected chi connectivity index (χ4v) is 13.1. The normalized spacial score (nSPS) is 34.3.